The minimum Gasteiger partial charge on any atom is -0.352 e. The van der Waals surface area contributed by atoms with E-state index in [-0.39, 0.29) is 17.9 Å². The fourth-order valence-corrected chi connectivity index (χ4v) is 3.56. The van der Waals surface area contributed by atoms with Crippen molar-refractivity contribution in [1.29, 1.82) is 0 Å². The highest BCUT2D eigenvalue weighted by molar-refractivity contribution is 5.90. The van der Waals surface area contributed by atoms with Crippen molar-refractivity contribution in [3.05, 3.63) is 65.7 Å². The van der Waals surface area contributed by atoms with Gasteiger partial charge in [-0.05, 0) is 50.2 Å². The lowest BCUT2D eigenvalue weighted by atomic mass is 9.97. The van der Waals surface area contributed by atoms with E-state index in [1.165, 1.54) is 5.56 Å². The molecule has 0 radical (unpaired) electrons. The van der Waals surface area contributed by atoms with Gasteiger partial charge in [-0.2, -0.15) is 0 Å². The fraction of sp³-hybridized carbons (Fsp3) is 0.391. The summed E-state index contributed by atoms with van der Waals surface area (Å²) in [7, 11) is 4.09. The Labute approximate surface area is 172 Å². The molecule has 3 amide bonds. The Bertz CT molecular complexity index is 805. The number of urea groups is 1. The Balaban J connectivity index is 1.48. The molecule has 29 heavy (non-hydrogen) atoms. The van der Waals surface area contributed by atoms with Gasteiger partial charge in [0.1, 0.15) is 0 Å². The van der Waals surface area contributed by atoms with E-state index < -0.39 is 0 Å². The number of nitrogens with one attached hydrogen (secondary N) is 2. The van der Waals surface area contributed by atoms with Crippen molar-refractivity contribution in [2.45, 2.75) is 25.9 Å². The summed E-state index contributed by atoms with van der Waals surface area (Å²) in [5, 5.41) is 5.93. The van der Waals surface area contributed by atoms with Gasteiger partial charge in [0.05, 0.1) is 5.92 Å². The van der Waals surface area contributed by atoms with E-state index in [4.69, 9.17) is 0 Å². The first-order chi connectivity index (χ1) is 14.0. The molecule has 0 bridgehead atoms. The normalized spacial score (nSPS) is 16.5. The van der Waals surface area contributed by atoms with Crippen molar-refractivity contribution >= 4 is 17.6 Å². The quantitative estimate of drug-likeness (QED) is 0.790. The second-order valence-electron chi connectivity index (χ2n) is 7.85. The summed E-state index contributed by atoms with van der Waals surface area (Å²) < 4.78 is 0. The molecule has 1 fully saturated rings. The van der Waals surface area contributed by atoms with Crippen LogP contribution in [0.1, 0.15) is 24.0 Å². The van der Waals surface area contributed by atoms with Crippen molar-refractivity contribution in [3.8, 4) is 0 Å². The van der Waals surface area contributed by atoms with E-state index in [1.54, 1.807) is 4.90 Å². The molecule has 6 nitrogen and oxygen atoms in total. The maximum absolute atomic E-state index is 12.6. The predicted octanol–water partition coefficient (Wildman–Crippen LogP) is 3.31. The van der Waals surface area contributed by atoms with Gasteiger partial charge in [0.2, 0.25) is 5.91 Å². The van der Waals surface area contributed by atoms with Crippen molar-refractivity contribution in [2.75, 3.05) is 32.5 Å². The average Bonchev–Trinajstić information content (AvgIpc) is 2.73. The standard InChI is InChI=1S/C23H30N4O2/c1-26(2)16-19-12-10-18(11-13-19)15-24-22(28)20-7-6-14-27(17-20)23(29)25-21-8-4-3-5-9-21/h3-5,8-13,20H,6-7,14-17H2,1-2H3,(H,24,28)(H,25,29)/t20-/m1/s1. The number of amides is 3. The van der Waals surface area contributed by atoms with Gasteiger partial charge in [0.25, 0.3) is 0 Å². The molecule has 1 atom stereocenters. The van der Waals surface area contributed by atoms with E-state index in [2.05, 4.69) is 39.8 Å². The third-order valence-corrected chi connectivity index (χ3v) is 5.09. The van der Waals surface area contributed by atoms with E-state index in [9.17, 15) is 9.59 Å². The lowest BCUT2D eigenvalue weighted by Crippen LogP contribution is -2.46. The first-order valence-corrected chi connectivity index (χ1v) is 10.1. The molecule has 1 heterocycles. The van der Waals surface area contributed by atoms with Crippen molar-refractivity contribution < 1.29 is 9.59 Å². The van der Waals surface area contributed by atoms with Gasteiger partial charge in [-0.25, -0.2) is 4.79 Å². The summed E-state index contributed by atoms with van der Waals surface area (Å²) in [4.78, 5) is 29.0. The number of para-hydroxylation sites is 1. The lowest BCUT2D eigenvalue weighted by Gasteiger charge is -2.32. The molecular formula is C23H30N4O2. The topological polar surface area (TPSA) is 64.7 Å². The van der Waals surface area contributed by atoms with Crippen LogP contribution in [0.4, 0.5) is 10.5 Å². The molecule has 1 aliphatic rings. The van der Waals surface area contributed by atoms with Crippen LogP contribution in [0, 0.1) is 5.92 Å². The summed E-state index contributed by atoms with van der Waals surface area (Å²) in [5.74, 6) is -0.155. The average molecular weight is 395 g/mol. The monoisotopic (exact) mass is 394 g/mol. The van der Waals surface area contributed by atoms with Gasteiger partial charge in [-0.3, -0.25) is 4.79 Å². The Morgan fingerprint density at radius 2 is 1.72 bits per heavy atom. The molecule has 1 saturated heterocycles. The molecule has 0 spiro atoms. The number of carbonyl (C=O) groups excluding carboxylic acids is 2. The van der Waals surface area contributed by atoms with Gasteiger partial charge >= 0.3 is 6.03 Å². The number of piperidine rings is 1. The van der Waals surface area contributed by atoms with Crippen molar-refractivity contribution in [1.82, 2.24) is 15.1 Å². The van der Waals surface area contributed by atoms with Gasteiger partial charge in [0, 0.05) is 31.9 Å². The number of anilines is 1. The van der Waals surface area contributed by atoms with E-state index in [1.807, 2.05) is 44.4 Å². The zero-order valence-electron chi connectivity index (χ0n) is 17.2. The van der Waals surface area contributed by atoms with Crippen molar-refractivity contribution in [3.63, 3.8) is 0 Å². The van der Waals surface area contributed by atoms with Crippen LogP contribution in [0.15, 0.2) is 54.6 Å². The molecule has 0 saturated carbocycles. The molecule has 2 N–H and O–H groups in total. The highest BCUT2D eigenvalue weighted by atomic mass is 16.2. The maximum atomic E-state index is 12.6. The van der Waals surface area contributed by atoms with E-state index >= 15 is 0 Å². The summed E-state index contributed by atoms with van der Waals surface area (Å²) >= 11 is 0. The molecule has 2 aromatic rings. The Kier molecular flexibility index (Phi) is 7.25. The molecule has 0 aromatic heterocycles. The molecule has 6 heteroatoms. The molecule has 3 rings (SSSR count). The largest absolute Gasteiger partial charge is 0.352 e. The SMILES string of the molecule is CN(C)Cc1ccc(CNC(=O)[C@@H]2CCCN(C(=O)Nc3ccccc3)C2)cc1. The molecule has 0 aliphatic carbocycles. The number of nitrogens with zero attached hydrogens (tertiary/aromatic N) is 2. The smallest absolute Gasteiger partial charge is 0.321 e. The number of benzene rings is 2. The molecule has 2 aromatic carbocycles. The third kappa shape index (κ3) is 6.32. The molecular weight excluding hydrogens is 364 g/mol. The van der Waals surface area contributed by atoms with Crippen LogP contribution in [-0.4, -0.2) is 48.9 Å². The minimum atomic E-state index is -0.168. The summed E-state index contributed by atoms with van der Waals surface area (Å²) in [5.41, 5.74) is 3.09. The van der Waals surface area contributed by atoms with Crippen LogP contribution in [0.25, 0.3) is 0 Å². The number of carbonyl (C=O) groups is 2. The fourth-order valence-electron chi connectivity index (χ4n) is 3.56. The third-order valence-electron chi connectivity index (χ3n) is 5.09. The Hall–Kier alpha value is -2.86. The summed E-state index contributed by atoms with van der Waals surface area (Å²) in [6.07, 6.45) is 1.64. The molecule has 0 unspecified atom stereocenters. The second-order valence-corrected chi connectivity index (χ2v) is 7.85. The first-order valence-electron chi connectivity index (χ1n) is 10.1. The summed E-state index contributed by atoms with van der Waals surface area (Å²) in [6.45, 7) is 2.53. The number of hydrogen-bond acceptors (Lipinski definition) is 3. The van der Waals surface area contributed by atoms with Gasteiger partial charge in [0.15, 0.2) is 0 Å². The lowest BCUT2D eigenvalue weighted by molar-refractivity contribution is -0.126. The Morgan fingerprint density at radius 1 is 1.03 bits per heavy atom. The van der Waals surface area contributed by atoms with Gasteiger partial charge < -0.3 is 20.4 Å². The van der Waals surface area contributed by atoms with Crippen LogP contribution >= 0.6 is 0 Å². The van der Waals surface area contributed by atoms with Crippen LogP contribution in [0.3, 0.4) is 0 Å². The van der Waals surface area contributed by atoms with Crippen LogP contribution in [0.2, 0.25) is 0 Å². The highest BCUT2D eigenvalue weighted by Gasteiger charge is 2.28. The predicted molar refractivity (Wildman–Crippen MR) is 115 cm³/mol. The number of rotatable bonds is 6. The van der Waals surface area contributed by atoms with Crippen LogP contribution in [0.5, 0.6) is 0 Å². The maximum Gasteiger partial charge on any atom is 0.321 e. The van der Waals surface area contributed by atoms with E-state index in [0.717, 1.165) is 30.6 Å². The number of likely N-dealkylation sites (tertiary alicyclic amines) is 1. The minimum absolute atomic E-state index is 0.0135. The van der Waals surface area contributed by atoms with Crippen molar-refractivity contribution in [2.24, 2.45) is 5.92 Å². The molecule has 154 valence electrons. The van der Waals surface area contributed by atoms with Gasteiger partial charge in [-0.1, -0.05) is 42.5 Å². The van der Waals surface area contributed by atoms with Crippen LogP contribution < -0.4 is 10.6 Å². The second kappa shape index (κ2) is 10.1. The summed E-state index contributed by atoms with van der Waals surface area (Å²) in [6, 6.07) is 17.5. The zero-order valence-corrected chi connectivity index (χ0v) is 17.2. The first kappa shape index (κ1) is 20.9. The zero-order chi connectivity index (χ0) is 20.6. The Morgan fingerprint density at radius 3 is 2.41 bits per heavy atom. The highest BCUT2D eigenvalue weighted by Crippen LogP contribution is 2.18. The van der Waals surface area contributed by atoms with Gasteiger partial charge in [-0.15, -0.1) is 0 Å². The van der Waals surface area contributed by atoms with Crippen LogP contribution in [-0.2, 0) is 17.9 Å². The number of hydrogen-bond donors (Lipinski definition) is 2. The molecule has 1 aliphatic heterocycles. The van der Waals surface area contributed by atoms with E-state index in [0.29, 0.717) is 19.6 Å².